The summed E-state index contributed by atoms with van der Waals surface area (Å²) in [6, 6.07) is 8.32. The van der Waals surface area contributed by atoms with E-state index in [0.29, 0.717) is 17.3 Å². The number of aryl methyl sites for hydroxylation is 1. The first-order chi connectivity index (χ1) is 9.19. The average molecular weight is 278 g/mol. The number of hydrogen-bond donors (Lipinski definition) is 2. The molecule has 2 aromatic rings. The number of benzene rings is 1. The van der Waals surface area contributed by atoms with Crippen LogP contribution in [-0.2, 0) is 13.1 Å². The molecule has 0 saturated carbocycles. The first-order valence-corrected chi connectivity index (χ1v) is 6.41. The Morgan fingerprint density at radius 3 is 2.84 bits per heavy atom. The zero-order valence-corrected chi connectivity index (χ0v) is 11.4. The van der Waals surface area contributed by atoms with Crippen molar-refractivity contribution in [2.24, 2.45) is 0 Å². The molecule has 0 saturated heterocycles. The van der Waals surface area contributed by atoms with Crippen molar-refractivity contribution in [1.82, 2.24) is 15.1 Å². The summed E-state index contributed by atoms with van der Waals surface area (Å²) in [6.45, 7) is 3.36. The van der Waals surface area contributed by atoms with Crippen LogP contribution in [-0.4, -0.2) is 14.9 Å². The molecule has 0 fully saturated rings. The minimum absolute atomic E-state index is 0.332. The Labute approximate surface area is 116 Å². The lowest BCUT2D eigenvalue weighted by Crippen LogP contribution is -2.28. The van der Waals surface area contributed by atoms with Gasteiger partial charge in [-0.05, 0) is 37.3 Å². The van der Waals surface area contributed by atoms with Gasteiger partial charge in [0.2, 0.25) is 0 Å². The summed E-state index contributed by atoms with van der Waals surface area (Å²) in [7, 11) is 0. The van der Waals surface area contributed by atoms with Gasteiger partial charge >= 0.3 is 0 Å². The highest BCUT2D eigenvalue weighted by molar-refractivity contribution is 7.80. The summed E-state index contributed by atoms with van der Waals surface area (Å²) < 4.78 is 15.2. The van der Waals surface area contributed by atoms with E-state index in [2.05, 4.69) is 15.7 Å². The number of rotatable bonds is 4. The molecule has 1 aromatic carbocycles. The fraction of sp³-hybridized carbons (Fsp3) is 0.231. The van der Waals surface area contributed by atoms with Gasteiger partial charge in [0.25, 0.3) is 0 Å². The quantitative estimate of drug-likeness (QED) is 0.843. The summed E-state index contributed by atoms with van der Waals surface area (Å²) in [5, 5.41) is 10.5. The molecule has 0 bridgehead atoms. The lowest BCUT2D eigenvalue weighted by Gasteiger charge is -2.09. The number of anilines is 1. The zero-order valence-electron chi connectivity index (χ0n) is 10.6. The minimum Gasteiger partial charge on any atom is -0.357 e. The molecule has 0 aliphatic carbocycles. The molecule has 100 valence electrons. The van der Waals surface area contributed by atoms with Crippen LogP contribution in [0, 0.1) is 5.82 Å². The number of nitrogens with zero attached hydrogens (tertiary/aromatic N) is 2. The molecular formula is C13H15FN4S. The molecule has 0 spiro atoms. The van der Waals surface area contributed by atoms with Gasteiger partial charge in [-0.1, -0.05) is 12.1 Å². The van der Waals surface area contributed by atoms with E-state index in [0.717, 1.165) is 12.2 Å². The van der Waals surface area contributed by atoms with Gasteiger partial charge in [-0.25, -0.2) is 4.39 Å². The number of para-hydroxylation sites is 1. The maximum absolute atomic E-state index is 13.4. The van der Waals surface area contributed by atoms with Gasteiger partial charge < -0.3 is 10.6 Å². The van der Waals surface area contributed by atoms with E-state index in [1.165, 1.54) is 6.07 Å². The minimum atomic E-state index is -0.332. The normalized spacial score (nSPS) is 10.2. The molecule has 0 aliphatic rings. The lowest BCUT2D eigenvalue weighted by molar-refractivity contribution is 0.632. The van der Waals surface area contributed by atoms with E-state index in [4.69, 9.17) is 12.2 Å². The largest absolute Gasteiger partial charge is 0.357 e. The van der Waals surface area contributed by atoms with Crippen molar-refractivity contribution >= 4 is 23.0 Å². The highest BCUT2D eigenvalue weighted by Crippen LogP contribution is 2.11. The Kier molecular flexibility index (Phi) is 4.46. The molecular weight excluding hydrogens is 263 g/mol. The van der Waals surface area contributed by atoms with E-state index >= 15 is 0 Å². The molecule has 1 aromatic heterocycles. The fourth-order valence-corrected chi connectivity index (χ4v) is 1.76. The van der Waals surface area contributed by atoms with Crippen LogP contribution in [0.1, 0.15) is 12.6 Å². The average Bonchev–Trinajstić information content (AvgIpc) is 2.87. The van der Waals surface area contributed by atoms with Crippen molar-refractivity contribution in [2.45, 2.75) is 20.0 Å². The van der Waals surface area contributed by atoms with Crippen molar-refractivity contribution < 1.29 is 4.39 Å². The predicted molar refractivity (Wildman–Crippen MR) is 77.4 cm³/mol. The highest BCUT2D eigenvalue weighted by atomic mass is 32.1. The maximum Gasteiger partial charge on any atom is 0.171 e. The van der Waals surface area contributed by atoms with Crippen molar-refractivity contribution in [1.29, 1.82) is 0 Å². The third kappa shape index (κ3) is 3.75. The molecule has 0 atom stereocenters. The second kappa shape index (κ2) is 6.29. The van der Waals surface area contributed by atoms with Crippen LogP contribution in [0.25, 0.3) is 0 Å². The number of halogens is 1. The Hall–Kier alpha value is -1.95. The molecule has 2 rings (SSSR count). The third-order valence-electron chi connectivity index (χ3n) is 2.57. The Morgan fingerprint density at radius 2 is 2.16 bits per heavy atom. The van der Waals surface area contributed by atoms with Crippen molar-refractivity contribution in [3.8, 4) is 0 Å². The van der Waals surface area contributed by atoms with E-state index in [1.54, 1.807) is 18.2 Å². The van der Waals surface area contributed by atoms with Crippen LogP contribution >= 0.6 is 12.2 Å². The molecule has 0 unspecified atom stereocenters. The third-order valence-corrected chi connectivity index (χ3v) is 2.82. The Balaban J connectivity index is 1.86. The van der Waals surface area contributed by atoms with Crippen molar-refractivity contribution in [2.75, 3.05) is 5.32 Å². The predicted octanol–water partition coefficient (Wildman–Crippen LogP) is 2.53. The first kappa shape index (κ1) is 13.5. The van der Waals surface area contributed by atoms with Gasteiger partial charge in [-0.3, -0.25) is 4.68 Å². The van der Waals surface area contributed by atoms with E-state index in [-0.39, 0.29) is 5.82 Å². The molecule has 0 aliphatic heterocycles. The fourth-order valence-electron chi connectivity index (χ4n) is 1.57. The van der Waals surface area contributed by atoms with Crippen LogP contribution in [0.15, 0.2) is 36.5 Å². The summed E-state index contributed by atoms with van der Waals surface area (Å²) >= 11 is 5.11. The van der Waals surface area contributed by atoms with Crippen LogP contribution in [0.3, 0.4) is 0 Å². The zero-order chi connectivity index (χ0) is 13.7. The second-order valence-electron chi connectivity index (χ2n) is 3.95. The number of thiocarbonyl (C=S) groups is 1. The SMILES string of the molecule is CCn1ccc(CNC(=S)Nc2ccccc2F)n1. The highest BCUT2D eigenvalue weighted by Gasteiger charge is 2.03. The standard InChI is InChI=1S/C13H15FN4S/c1-2-18-8-7-10(17-18)9-15-13(19)16-12-6-4-3-5-11(12)14/h3-8H,2,9H2,1H3,(H2,15,16,19). The van der Waals surface area contributed by atoms with E-state index in [1.807, 2.05) is 23.9 Å². The molecule has 1 heterocycles. The van der Waals surface area contributed by atoms with Crippen LogP contribution in [0.5, 0.6) is 0 Å². The van der Waals surface area contributed by atoms with Crippen LogP contribution in [0.4, 0.5) is 10.1 Å². The number of hydrogen-bond acceptors (Lipinski definition) is 2. The van der Waals surface area contributed by atoms with Crippen molar-refractivity contribution in [3.05, 3.63) is 48.0 Å². The molecule has 0 radical (unpaired) electrons. The monoisotopic (exact) mass is 278 g/mol. The topological polar surface area (TPSA) is 41.9 Å². The van der Waals surface area contributed by atoms with E-state index < -0.39 is 0 Å². The smallest absolute Gasteiger partial charge is 0.171 e. The van der Waals surface area contributed by atoms with Gasteiger partial charge in [0.1, 0.15) is 5.82 Å². The Morgan fingerprint density at radius 1 is 1.37 bits per heavy atom. The summed E-state index contributed by atoms with van der Waals surface area (Å²) in [4.78, 5) is 0. The van der Waals surface area contributed by atoms with E-state index in [9.17, 15) is 4.39 Å². The molecule has 6 heteroatoms. The lowest BCUT2D eigenvalue weighted by atomic mass is 10.3. The summed E-state index contributed by atoms with van der Waals surface area (Å²) in [6.07, 6.45) is 1.91. The Bertz CT molecular complexity index is 567. The van der Waals surface area contributed by atoms with Gasteiger partial charge in [-0.2, -0.15) is 5.10 Å². The summed E-state index contributed by atoms with van der Waals surface area (Å²) in [5.74, 6) is -0.332. The molecule has 4 nitrogen and oxygen atoms in total. The molecule has 2 N–H and O–H groups in total. The summed E-state index contributed by atoms with van der Waals surface area (Å²) in [5.41, 5.74) is 1.25. The second-order valence-corrected chi connectivity index (χ2v) is 4.36. The van der Waals surface area contributed by atoms with Crippen LogP contribution < -0.4 is 10.6 Å². The van der Waals surface area contributed by atoms with Gasteiger partial charge in [-0.15, -0.1) is 0 Å². The van der Waals surface area contributed by atoms with Gasteiger partial charge in [0, 0.05) is 12.7 Å². The number of aromatic nitrogens is 2. The van der Waals surface area contributed by atoms with Crippen molar-refractivity contribution in [3.63, 3.8) is 0 Å². The first-order valence-electron chi connectivity index (χ1n) is 6.00. The van der Waals surface area contributed by atoms with Gasteiger partial charge in [0.05, 0.1) is 17.9 Å². The molecule has 19 heavy (non-hydrogen) atoms. The number of nitrogens with one attached hydrogen (secondary N) is 2. The molecule has 0 amide bonds. The van der Waals surface area contributed by atoms with Gasteiger partial charge in [0.15, 0.2) is 5.11 Å². The van der Waals surface area contributed by atoms with Crippen LogP contribution in [0.2, 0.25) is 0 Å². The maximum atomic E-state index is 13.4.